The lowest BCUT2D eigenvalue weighted by Gasteiger charge is -2.07. The largest absolute Gasteiger partial charge is 0.320 e. The van der Waals surface area contributed by atoms with Gasteiger partial charge in [0.15, 0.2) is 0 Å². The second-order valence-electron chi connectivity index (χ2n) is 6.42. The van der Waals surface area contributed by atoms with Crippen LogP contribution in [-0.4, -0.2) is 34.9 Å². The summed E-state index contributed by atoms with van der Waals surface area (Å²) in [5.74, 6) is 0.339. The van der Waals surface area contributed by atoms with Gasteiger partial charge in [-0.05, 0) is 67.1 Å². The van der Waals surface area contributed by atoms with Crippen LogP contribution in [0.25, 0.3) is 10.2 Å². The van der Waals surface area contributed by atoms with Crippen LogP contribution in [0.5, 0.6) is 0 Å². The third kappa shape index (κ3) is 3.72. The van der Waals surface area contributed by atoms with E-state index in [1.54, 1.807) is 6.92 Å². The number of aromatic amines is 1. The molecule has 8 heteroatoms. The van der Waals surface area contributed by atoms with Crippen molar-refractivity contribution in [2.24, 2.45) is 0 Å². The van der Waals surface area contributed by atoms with Crippen molar-refractivity contribution in [2.45, 2.75) is 20.4 Å². The molecule has 0 unspecified atom stereocenters. The molecule has 0 saturated heterocycles. The Morgan fingerprint density at radius 1 is 1.35 bits per heavy atom. The maximum atomic E-state index is 12.7. The molecule has 1 amide bonds. The highest BCUT2D eigenvalue weighted by Crippen LogP contribution is 2.29. The molecule has 0 fully saturated rings. The standard InChI is InChI=1S/C18H19BrN4O2S/c1-9-5-6-12(11(19)7-9)20-17(25)15-10(2)14-16(24)21-13(8-23(3)4)22-18(14)26-15/h5-7H,8H2,1-4H3,(H,20,25)(H,21,22,24). The van der Waals surface area contributed by atoms with E-state index in [1.807, 2.05) is 44.1 Å². The molecule has 3 aromatic rings. The first-order valence-electron chi connectivity index (χ1n) is 8.00. The number of H-pyrrole nitrogens is 1. The molecule has 0 spiro atoms. The van der Waals surface area contributed by atoms with Gasteiger partial charge < -0.3 is 15.2 Å². The molecule has 0 aliphatic rings. The predicted molar refractivity (Wildman–Crippen MR) is 109 cm³/mol. The monoisotopic (exact) mass is 434 g/mol. The number of benzene rings is 1. The molecule has 0 radical (unpaired) electrons. The van der Waals surface area contributed by atoms with Crippen LogP contribution in [0, 0.1) is 13.8 Å². The number of rotatable bonds is 4. The Morgan fingerprint density at radius 3 is 2.73 bits per heavy atom. The zero-order valence-electron chi connectivity index (χ0n) is 14.9. The fraction of sp³-hybridized carbons (Fsp3) is 0.278. The molecule has 2 heterocycles. The second-order valence-corrected chi connectivity index (χ2v) is 8.28. The Labute approximate surface area is 163 Å². The summed E-state index contributed by atoms with van der Waals surface area (Å²) >= 11 is 4.70. The number of aromatic nitrogens is 2. The first kappa shape index (κ1) is 18.8. The highest BCUT2D eigenvalue weighted by Gasteiger charge is 2.20. The van der Waals surface area contributed by atoms with Crippen molar-refractivity contribution < 1.29 is 4.79 Å². The van der Waals surface area contributed by atoms with Crippen LogP contribution in [0.1, 0.15) is 26.6 Å². The van der Waals surface area contributed by atoms with Gasteiger partial charge >= 0.3 is 0 Å². The van der Waals surface area contributed by atoms with Crippen LogP contribution < -0.4 is 10.9 Å². The van der Waals surface area contributed by atoms with Gasteiger partial charge in [-0.15, -0.1) is 11.3 Å². The van der Waals surface area contributed by atoms with Crippen molar-refractivity contribution in [3.05, 3.63) is 54.9 Å². The molecular weight excluding hydrogens is 416 g/mol. The number of hydrogen-bond acceptors (Lipinski definition) is 5. The first-order chi connectivity index (χ1) is 12.3. The summed E-state index contributed by atoms with van der Waals surface area (Å²) < 4.78 is 0.814. The van der Waals surface area contributed by atoms with Crippen LogP contribution >= 0.6 is 27.3 Å². The van der Waals surface area contributed by atoms with Gasteiger partial charge in [-0.25, -0.2) is 4.98 Å². The Hall–Kier alpha value is -2.03. The highest BCUT2D eigenvalue weighted by molar-refractivity contribution is 9.10. The summed E-state index contributed by atoms with van der Waals surface area (Å²) in [4.78, 5) is 35.5. The van der Waals surface area contributed by atoms with E-state index in [4.69, 9.17) is 0 Å². The number of amides is 1. The summed E-state index contributed by atoms with van der Waals surface area (Å²) in [7, 11) is 3.81. The van der Waals surface area contributed by atoms with Gasteiger partial charge in [0.25, 0.3) is 11.5 Å². The lowest BCUT2D eigenvalue weighted by atomic mass is 10.2. The smallest absolute Gasteiger partial charge is 0.266 e. The molecular formula is C18H19BrN4O2S. The minimum absolute atomic E-state index is 0.212. The van der Waals surface area contributed by atoms with Crippen molar-refractivity contribution in [1.82, 2.24) is 14.9 Å². The van der Waals surface area contributed by atoms with E-state index in [9.17, 15) is 9.59 Å². The molecule has 1 aromatic carbocycles. The number of carbonyl (C=O) groups excluding carboxylic acids is 1. The van der Waals surface area contributed by atoms with Crippen molar-refractivity contribution >= 4 is 49.1 Å². The number of nitrogens with zero attached hydrogens (tertiary/aromatic N) is 2. The van der Waals surface area contributed by atoms with Crippen molar-refractivity contribution in [1.29, 1.82) is 0 Å². The van der Waals surface area contributed by atoms with Gasteiger partial charge in [-0.1, -0.05) is 6.07 Å². The van der Waals surface area contributed by atoms with Gasteiger partial charge in [0, 0.05) is 4.47 Å². The van der Waals surface area contributed by atoms with Crippen LogP contribution in [0.3, 0.4) is 0 Å². The molecule has 2 N–H and O–H groups in total. The molecule has 6 nitrogen and oxygen atoms in total. The lowest BCUT2D eigenvalue weighted by molar-refractivity contribution is 0.103. The summed E-state index contributed by atoms with van der Waals surface area (Å²) in [6.45, 7) is 4.29. The third-order valence-corrected chi connectivity index (χ3v) is 5.74. The molecule has 0 bridgehead atoms. The Kier molecular flexibility index (Phi) is 5.27. The second kappa shape index (κ2) is 7.30. The molecule has 0 atom stereocenters. The predicted octanol–water partition coefficient (Wildman–Crippen LogP) is 3.68. The van der Waals surface area contributed by atoms with E-state index in [1.165, 1.54) is 11.3 Å². The zero-order valence-corrected chi connectivity index (χ0v) is 17.3. The quantitative estimate of drug-likeness (QED) is 0.656. The number of nitrogens with one attached hydrogen (secondary N) is 2. The minimum Gasteiger partial charge on any atom is -0.320 e. The summed E-state index contributed by atoms with van der Waals surface area (Å²) in [6.07, 6.45) is 0. The van der Waals surface area contributed by atoms with Gasteiger partial charge in [0.1, 0.15) is 10.7 Å². The van der Waals surface area contributed by atoms with E-state index in [0.29, 0.717) is 38.7 Å². The summed E-state index contributed by atoms with van der Waals surface area (Å²) in [5.41, 5.74) is 2.22. The molecule has 0 saturated carbocycles. The van der Waals surface area contributed by atoms with E-state index in [-0.39, 0.29) is 11.5 Å². The van der Waals surface area contributed by atoms with Gasteiger partial charge in [0.05, 0.1) is 22.5 Å². The normalized spacial score (nSPS) is 11.3. The van der Waals surface area contributed by atoms with E-state index < -0.39 is 0 Å². The Balaban J connectivity index is 1.99. The van der Waals surface area contributed by atoms with Crippen LogP contribution in [0.15, 0.2) is 27.5 Å². The maximum Gasteiger partial charge on any atom is 0.266 e. The molecule has 136 valence electrons. The number of fused-ring (bicyclic) bond motifs is 1. The van der Waals surface area contributed by atoms with Crippen molar-refractivity contribution in [3.8, 4) is 0 Å². The number of anilines is 1. The fourth-order valence-electron chi connectivity index (χ4n) is 2.68. The minimum atomic E-state index is -0.247. The first-order valence-corrected chi connectivity index (χ1v) is 9.61. The van der Waals surface area contributed by atoms with Crippen LogP contribution in [0.2, 0.25) is 0 Å². The SMILES string of the molecule is Cc1ccc(NC(=O)c2sc3nc(CN(C)C)[nH]c(=O)c3c2C)c(Br)c1. The number of aryl methyl sites for hydroxylation is 2. The molecule has 0 aliphatic heterocycles. The van der Waals surface area contributed by atoms with E-state index >= 15 is 0 Å². The number of hydrogen-bond donors (Lipinski definition) is 2. The zero-order chi connectivity index (χ0) is 19.0. The van der Waals surface area contributed by atoms with E-state index in [2.05, 4.69) is 31.2 Å². The van der Waals surface area contributed by atoms with Crippen molar-refractivity contribution in [3.63, 3.8) is 0 Å². The van der Waals surface area contributed by atoms with E-state index in [0.717, 1.165) is 10.0 Å². The van der Waals surface area contributed by atoms with Gasteiger partial charge in [-0.3, -0.25) is 9.59 Å². The average molecular weight is 435 g/mol. The Morgan fingerprint density at radius 2 is 2.08 bits per heavy atom. The third-order valence-electron chi connectivity index (χ3n) is 3.89. The highest BCUT2D eigenvalue weighted by atomic mass is 79.9. The summed E-state index contributed by atoms with van der Waals surface area (Å²) in [6, 6.07) is 5.71. The van der Waals surface area contributed by atoms with Crippen LogP contribution in [-0.2, 0) is 6.54 Å². The average Bonchev–Trinajstić information content (AvgIpc) is 2.86. The van der Waals surface area contributed by atoms with Gasteiger partial charge in [0.2, 0.25) is 0 Å². The van der Waals surface area contributed by atoms with Crippen molar-refractivity contribution in [2.75, 3.05) is 19.4 Å². The molecule has 3 rings (SSSR count). The van der Waals surface area contributed by atoms with Crippen LogP contribution in [0.4, 0.5) is 5.69 Å². The fourth-order valence-corrected chi connectivity index (χ4v) is 4.37. The molecule has 2 aromatic heterocycles. The molecule has 26 heavy (non-hydrogen) atoms. The number of thiophene rings is 1. The maximum absolute atomic E-state index is 12.7. The molecule has 0 aliphatic carbocycles. The topological polar surface area (TPSA) is 78.1 Å². The number of halogens is 1. The van der Waals surface area contributed by atoms with Gasteiger partial charge in [-0.2, -0.15) is 0 Å². The summed E-state index contributed by atoms with van der Waals surface area (Å²) in [5, 5.41) is 3.38. The lowest BCUT2D eigenvalue weighted by Crippen LogP contribution is -2.18. The Bertz CT molecular complexity index is 1060. The number of carbonyl (C=O) groups is 1.